The standard InChI is InChI=1S/C16H15F2NO/c1-10(14-5-4-13(18)9-16(14)20)19-7-6-11-2-3-12(17)8-15(11)19/h2-5,8-10,20H,6-7H2,1H3. The highest BCUT2D eigenvalue weighted by Gasteiger charge is 2.26. The van der Waals surface area contributed by atoms with Gasteiger partial charge in [-0.25, -0.2) is 8.78 Å². The van der Waals surface area contributed by atoms with Crippen molar-refractivity contribution in [3.63, 3.8) is 0 Å². The number of phenolic OH excluding ortho intramolecular Hbond substituents is 1. The molecule has 104 valence electrons. The van der Waals surface area contributed by atoms with Gasteiger partial charge in [0.15, 0.2) is 0 Å². The van der Waals surface area contributed by atoms with Crippen LogP contribution in [0, 0.1) is 11.6 Å². The van der Waals surface area contributed by atoms with Gasteiger partial charge in [-0.2, -0.15) is 0 Å². The maximum Gasteiger partial charge on any atom is 0.126 e. The summed E-state index contributed by atoms with van der Waals surface area (Å²) in [4.78, 5) is 2.03. The average Bonchev–Trinajstić information content (AvgIpc) is 2.81. The second-order valence-corrected chi connectivity index (χ2v) is 5.10. The second-order valence-electron chi connectivity index (χ2n) is 5.10. The first-order valence-corrected chi connectivity index (χ1v) is 6.60. The van der Waals surface area contributed by atoms with E-state index in [1.807, 2.05) is 11.8 Å². The van der Waals surface area contributed by atoms with Crippen LogP contribution in [-0.4, -0.2) is 11.7 Å². The molecule has 0 aliphatic carbocycles. The van der Waals surface area contributed by atoms with E-state index in [9.17, 15) is 13.9 Å². The number of nitrogens with zero attached hydrogens (tertiary/aromatic N) is 1. The van der Waals surface area contributed by atoms with Crippen molar-refractivity contribution in [3.8, 4) is 5.75 Å². The van der Waals surface area contributed by atoms with Gasteiger partial charge in [0.1, 0.15) is 17.4 Å². The number of benzene rings is 2. The van der Waals surface area contributed by atoms with E-state index < -0.39 is 5.82 Å². The largest absolute Gasteiger partial charge is 0.507 e. The van der Waals surface area contributed by atoms with E-state index in [1.165, 1.54) is 18.2 Å². The first-order chi connectivity index (χ1) is 9.56. The number of fused-ring (bicyclic) bond motifs is 1. The van der Waals surface area contributed by atoms with Crippen LogP contribution in [0.1, 0.15) is 24.1 Å². The van der Waals surface area contributed by atoms with Crippen LogP contribution in [0.3, 0.4) is 0 Å². The van der Waals surface area contributed by atoms with Gasteiger partial charge in [0.2, 0.25) is 0 Å². The van der Waals surface area contributed by atoms with Crippen molar-refractivity contribution in [1.29, 1.82) is 0 Å². The molecule has 2 aromatic carbocycles. The molecule has 1 atom stereocenters. The minimum atomic E-state index is -0.466. The van der Waals surface area contributed by atoms with E-state index in [4.69, 9.17) is 0 Å². The van der Waals surface area contributed by atoms with Crippen molar-refractivity contribution in [2.75, 3.05) is 11.4 Å². The average molecular weight is 275 g/mol. The van der Waals surface area contributed by atoms with E-state index >= 15 is 0 Å². The van der Waals surface area contributed by atoms with Gasteiger partial charge in [-0.05, 0) is 37.1 Å². The molecule has 2 aromatic rings. The van der Waals surface area contributed by atoms with Gasteiger partial charge in [0.05, 0.1) is 6.04 Å². The minimum absolute atomic E-state index is 0.0673. The predicted octanol–water partition coefficient (Wildman–Crippen LogP) is 3.79. The zero-order valence-corrected chi connectivity index (χ0v) is 11.1. The summed E-state index contributed by atoms with van der Waals surface area (Å²) in [6.45, 7) is 2.68. The smallest absolute Gasteiger partial charge is 0.126 e. The molecule has 0 amide bonds. The maximum absolute atomic E-state index is 13.4. The number of hydrogen-bond donors (Lipinski definition) is 1. The number of aromatic hydroxyl groups is 1. The molecule has 0 radical (unpaired) electrons. The fourth-order valence-corrected chi connectivity index (χ4v) is 2.82. The first kappa shape index (κ1) is 12.9. The summed E-state index contributed by atoms with van der Waals surface area (Å²) in [7, 11) is 0. The van der Waals surface area contributed by atoms with Crippen LogP contribution in [-0.2, 0) is 6.42 Å². The monoisotopic (exact) mass is 275 g/mol. The molecule has 1 heterocycles. The minimum Gasteiger partial charge on any atom is -0.507 e. The maximum atomic E-state index is 13.4. The van der Waals surface area contributed by atoms with Gasteiger partial charge in [-0.3, -0.25) is 0 Å². The van der Waals surface area contributed by atoms with Crippen LogP contribution >= 0.6 is 0 Å². The summed E-state index contributed by atoms with van der Waals surface area (Å²) in [5.41, 5.74) is 2.59. The molecule has 0 spiro atoms. The van der Waals surface area contributed by atoms with Crippen LogP contribution in [0.2, 0.25) is 0 Å². The Morgan fingerprint density at radius 3 is 2.55 bits per heavy atom. The highest BCUT2D eigenvalue weighted by molar-refractivity contribution is 5.60. The van der Waals surface area contributed by atoms with Crippen molar-refractivity contribution < 1.29 is 13.9 Å². The number of halogens is 2. The first-order valence-electron chi connectivity index (χ1n) is 6.60. The van der Waals surface area contributed by atoms with E-state index in [0.717, 1.165) is 30.3 Å². The third-order valence-electron chi connectivity index (χ3n) is 3.89. The van der Waals surface area contributed by atoms with Gasteiger partial charge < -0.3 is 10.0 Å². The third kappa shape index (κ3) is 2.11. The van der Waals surface area contributed by atoms with Crippen molar-refractivity contribution in [1.82, 2.24) is 0 Å². The molecule has 1 unspecified atom stereocenters. The molecule has 1 aliphatic rings. The summed E-state index contributed by atoms with van der Waals surface area (Å²) in [5, 5.41) is 9.88. The van der Waals surface area contributed by atoms with Crippen molar-refractivity contribution in [2.24, 2.45) is 0 Å². The molecular weight excluding hydrogens is 260 g/mol. The van der Waals surface area contributed by atoms with Crippen molar-refractivity contribution in [2.45, 2.75) is 19.4 Å². The lowest BCUT2D eigenvalue weighted by molar-refractivity contribution is 0.455. The lowest BCUT2D eigenvalue weighted by Gasteiger charge is -2.28. The van der Waals surface area contributed by atoms with Crippen LogP contribution in [0.15, 0.2) is 36.4 Å². The van der Waals surface area contributed by atoms with Crippen LogP contribution < -0.4 is 4.90 Å². The van der Waals surface area contributed by atoms with Crippen molar-refractivity contribution >= 4 is 5.69 Å². The summed E-state index contributed by atoms with van der Waals surface area (Å²) in [5.74, 6) is -0.806. The Balaban J connectivity index is 1.97. The molecule has 1 N–H and O–H groups in total. The van der Waals surface area contributed by atoms with Gasteiger partial charge in [-0.1, -0.05) is 12.1 Å². The molecule has 1 aliphatic heterocycles. The Kier molecular flexibility index (Phi) is 3.08. The zero-order chi connectivity index (χ0) is 14.3. The zero-order valence-electron chi connectivity index (χ0n) is 11.1. The Hall–Kier alpha value is -2.10. The third-order valence-corrected chi connectivity index (χ3v) is 3.89. The SMILES string of the molecule is CC(c1ccc(F)cc1O)N1CCc2ccc(F)cc21. The molecule has 20 heavy (non-hydrogen) atoms. The topological polar surface area (TPSA) is 23.5 Å². The normalized spacial score (nSPS) is 15.2. The van der Waals surface area contributed by atoms with E-state index in [-0.39, 0.29) is 17.6 Å². The number of anilines is 1. The predicted molar refractivity (Wildman–Crippen MR) is 73.9 cm³/mol. The summed E-state index contributed by atoms with van der Waals surface area (Å²) < 4.78 is 26.5. The number of hydrogen-bond acceptors (Lipinski definition) is 2. The van der Waals surface area contributed by atoms with Crippen molar-refractivity contribution in [3.05, 3.63) is 59.2 Å². The molecule has 0 fully saturated rings. The molecule has 0 aromatic heterocycles. The molecule has 2 nitrogen and oxygen atoms in total. The number of phenols is 1. The lowest BCUT2D eigenvalue weighted by Crippen LogP contribution is -2.24. The van der Waals surface area contributed by atoms with E-state index in [2.05, 4.69) is 0 Å². The summed E-state index contributed by atoms with van der Waals surface area (Å²) in [6, 6.07) is 8.64. The molecule has 0 saturated carbocycles. The fourth-order valence-electron chi connectivity index (χ4n) is 2.82. The summed E-state index contributed by atoms with van der Waals surface area (Å²) in [6.07, 6.45) is 0.849. The Bertz CT molecular complexity index is 657. The summed E-state index contributed by atoms with van der Waals surface area (Å²) >= 11 is 0. The lowest BCUT2D eigenvalue weighted by atomic mass is 10.1. The highest BCUT2D eigenvalue weighted by Crippen LogP contribution is 2.37. The van der Waals surface area contributed by atoms with Gasteiger partial charge in [0.25, 0.3) is 0 Å². The quantitative estimate of drug-likeness (QED) is 0.901. The van der Waals surface area contributed by atoms with Gasteiger partial charge >= 0.3 is 0 Å². The highest BCUT2D eigenvalue weighted by atomic mass is 19.1. The molecule has 3 rings (SSSR count). The van der Waals surface area contributed by atoms with Crippen LogP contribution in [0.5, 0.6) is 5.75 Å². The second kappa shape index (κ2) is 4.78. The molecular formula is C16H15F2NO. The van der Waals surface area contributed by atoms with Crippen LogP contribution in [0.4, 0.5) is 14.5 Å². The number of rotatable bonds is 2. The van der Waals surface area contributed by atoms with Gasteiger partial charge in [-0.15, -0.1) is 0 Å². The molecule has 0 bridgehead atoms. The Morgan fingerprint density at radius 1 is 1.10 bits per heavy atom. The Morgan fingerprint density at radius 2 is 1.80 bits per heavy atom. The molecule has 4 heteroatoms. The van der Waals surface area contributed by atoms with E-state index in [0.29, 0.717) is 5.56 Å². The molecule has 0 saturated heterocycles. The van der Waals surface area contributed by atoms with E-state index in [1.54, 1.807) is 12.1 Å². The Labute approximate surface area is 116 Å². The van der Waals surface area contributed by atoms with Gasteiger partial charge in [0, 0.05) is 23.9 Å². The fraction of sp³-hybridized carbons (Fsp3) is 0.250. The van der Waals surface area contributed by atoms with Crippen LogP contribution in [0.25, 0.3) is 0 Å².